The molecule has 8 heteroatoms. The van der Waals surface area contributed by atoms with Gasteiger partial charge < -0.3 is 25.1 Å². The SMILES string of the molecule is CCN1CCCC1CN=C(NCCNC(=O)OC(C)(C)C)NCCc1ccco1. The van der Waals surface area contributed by atoms with Gasteiger partial charge in [-0.1, -0.05) is 6.92 Å². The van der Waals surface area contributed by atoms with E-state index in [1.54, 1.807) is 6.26 Å². The monoisotopic (exact) mass is 407 g/mol. The Hall–Kier alpha value is -2.22. The molecule has 0 aliphatic carbocycles. The molecular formula is C21H37N5O3. The van der Waals surface area contributed by atoms with Crippen molar-refractivity contribution in [3.63, 3.8) is 0 Å². The van der Waals surface area contributed by atoms with Gasteiger partial charge in [-0.15, -0.1) is 0 Å². The van der Waals surface area contributed by atoms with Crippen LogP contribution in [0.2, 0.25) is 0 Å². The lowest BCUT2D eigenvalue weighted by Crippen LogP contribution is -2.43. The van der Waals surface area contributed by atoms with Crippen LogP contribution < -0.4 is 16.0 Å². The number of ether oxygens (including phenoxy) is 1. The number of alkyl carbamates (subject to hydrolysis) is 1. The highest BCUT2D eigenvalue weighted by Gasteiger charge is 2.22. The van der Waals surface area contributed by atoms with E-state index in [1.807, 2.05) is 32.9 Å². The number of rotatable bonds is 9. The van der Waals surface area contributed by atoms with Gasteiger partial charge in [0.1, 0.15) is 11.4 Å². The van der Waals surface area contributed by atoms with Crippen molar-refractivity contribution in [2.24, 2.45) is 4.99 Å². The van der Waals surface area contributed by atoms with Crippen molar-refractivity contribution >= 4 is 12.1 Å². The zero-order valence-corrected chi connectivity index (χ0v) is 18.3. The molecule has 1 aromatic heterocycles. The number of likely N-dealkylation sites (tertiary alicyclic amines) is 1. The van der Waals surface area contributed by atoms with E-state index in [1.165, 1.54) is 12.8 Å². The summed E-state index contributed by atoms with van der Waals surface area (Å²) in [6, 6.07) is 4.36. The Bertz CT molecular complexity index is 625. The van der Waals surface area contributed by atoms with Gasteiger partial charge in [0.25, 0.3) is 0 Å². The van der Waals surface area contributed by atoms with Crippen molar-refractivity contribution < 1.29 is 13.9 Å². The third-order valence-electron chi connectivity index (χ3n) is 4.70. The standard InChI is InChI=1S/C21H37N5O3/c1-5-26-14-6-8-17(26)16-25-19(22-11-10-18-9-7-15-28-18)23-12-13-24-20(27)29-21(2,3)4/h7,9,15,17H,5-6,8,10-14,16H2,1-4H3,(H,24,27)(H2,22,23,25). The fourth-order valence-corrected chi connectivity index (χ4v) is 3.31. The van der Waals surface area contributed by atoms with E-state index in [9.17, 15) is 4.79 Å². The van der Waals surface area contributed by atoms with Crippen molar-refractivity contribution in [1.29, 1.82) is 0 Å². The lowest BCUT2D eigenvalue weighted by Gasteiger charge is -2.22. The van der Waals surface area contributed by atoms with Gasteiger partial charge in [0.05, 0.1) is 12.8 Å². The highest BCUT2D eigenvalue weighted by atomic mass is 16.6. The Balaban J connectivity index is 1.79. The van der Waals surface area contributed by atoms with E-state index < -0.39 is 11.7 Å². The maximum atomic E-state index is 11.8. The molecule has 164 valence electrons. The number of furan rings is 1. The largest absolute Gasteiger partial charge is 0.469 e. The van der Waals surface area contributed by atoms with Gasteiger partial charge in [0.2, 0.25) is 0 Å². The average Bonchev–Trinajstić information content (AvgIpc) is 3.32. The Morgan fingerprint density at radius 2 is 2.03 bits per heavy atom. The second-order valence-corrected chi connectivity index (χ2v) is 8.23. The zero-order valence-electron chi connectivity index (χ0n) is 18.3. The van der Waals surface area contributed by atoms with E-state index >= 15 is 0 Å². The normalized spacial score (nSPS) is 17.9. The zero-order chi connectivity index (χ0) is 21.1. The molecule has 0 bridgehead atoms. The number of aliphatic imine (C=N–C) groups is 1. The Kier molecular flexibility index (Phi) is 9.31. The van der Waals surface area contributed by atoms with Gasteiger partial charge in [0.15, 0.2) is 5.96 Å². The molecule has 29 heavy (non-hydrogen) atoms. The molecule has 1 fully saturated rings. The first kappa shape index (κ1) is 23.1. The summed E-state index contributed by atoms with van der Waals surface area (Å²) < 4.78 is 10.6. The molecule has 1 aliphatic heterocycles. The molecule has 1 amide bonds. The maximum absolute atomic E-state index is 11.8. The predicted molar refractivity (Wildman–Crippen MR) is 115 cm³/mol. The van der Waals surface area contributed by atoms with Crippen LogP contribution >= 0.6 is 0 Å². The van der Waals surface area contributed by atoms with Gasteiger partial charge in [0, 0.05) is 32.1 Å². The number of nitrogens with zero attached hydrogens (tertiary/aromatic N) is 2. The topological polar surface area (TPSA) is 91.1 Å². The summed E-state index contributed by atoms with van der Waals surface area (Å²) in [6.07, 6.45) is 4.49. The number of carbonyl (C=O) groups is 1. The number of nitrogens with one attached hydrogen (secondary N) is 3. The number of hydrogen-bond acceptors (Lipinski definition) is 5. The minimum absolute atomic E-state index is 0.409. The summed E-state index contributed by atoms with van der Waals surface area (Å²) in [4.78, 5) is 19.0. The molecule has 1 aliphatic rings. The molecular weight excluding hydrogens is 370 g/mol. The summed E-state index contributed by atoms with van der Waals surface area (Å²) >= 11 is 0. The predicted octanol–water partition coefficient (Wildman–Crippen LogP) is 2.37. The van der Waals surface area contributed by atoms with Crippen molar-refractivity contribution in [2.45, 2.75) is 58.6 Å². The minimum atomic E-state index is -0.496. The smallest absolute Gasteiger partial charge is 0.407 e. The lowest BCUT2D eigenvalue weighted by molar-refractivity contribution is 0.0529. The Morgan fingerprint density at radius 1 is 1.28 bits per heavy atom. The van der Waals surface area contributed by atoms with E-state index in [-0.39, 0.29) is 0 Å². The maximum Gasteiger partial charge on any atom is 0.407 e. The summed E-state index contributed by atoms with van der Waals surface area (Å²) in [7, 11) is 0. The van der Waals surface area contributed by atoms with Crippen LogP contribution in [0.1, 0.15) is 46.3 Å². The third kappa shape index (κ3) is 9.21. The second-order valence-electron chi connectivity index (χ2n) is 8.23. The second kappa shape index (κ2) is 11.7. The summed E-state index contributed by atoms with van der Waals surface area (Å²) in [5.41, 5.74) is -0.496. The van der Waals surface area contributed by atoms with Crippen LogP contribution in [0.4, 0.5) is 4.79 Å². The molecule has 1 unspecified atom stereocenters. The van der Waals surface area contributed by atoms with Crippen LogP contribution in [-0.2, 0) is 11.2 Å². The first-order valence-corrected chi connectivity index (χ1v) is 10.6. The molecule has 0 radical (unpaired) electrons. The number of carbonyl (C=O) groups excluding carboxylic acids is 1. The van der Waals surface area contributed by atoms with Gasteiger partial charge in [-0.3, -0.25) is 9.89 Å². The fraction of sp³-hybridized carbons (Fsp3) is 0.714. The van der Waals surface area contributed by atoms with Gasteiger partial charge in [-0.05, 0) is 58.8 Å². The highest BCUT2D eigenvalue weighted by molar-refractivity contribution is 5.79. The van der Waals surface area contributed by atoms with E-state index in [2.05, 4.69) is 27.8 Å². The number of likely N-dealkylation sites (N-methyl/N-ethyl adjacent to an activating group) is 1. The van der Waals surface area contributed by atoms with Crippen LogP contribution in [0.3, 0.4) is 0 Å². The molecule has 2 rings (SSSR count). The number of guanidine groups is 1. The van der Waals surface area contributed by atoms with Gasteiger partial charge >= 0.3 is 6.09 Å². The molecule has 1 saturated heterocycles. The molecule has 1 atom stereocenters. The highest BCUT2D eigenvalue weighted by Crippen LogP contribution is 2.16. The third-order valence-corrected chi connectivity index (χ3v) is 4.70. The van der Waals surface area contributed by atoms with Crippen molar-refractivity contribution in [2.75, 3.05) is 39.3 Å². The molecule has 3 N–H and O–H groups in total. The van der Waals surface area contributed by atoms with Crippen LogP contribution in [0.15, 0.2) is 27.8 Å². The molecule has 1 aromatic rings. The van der Waals surface area contributed by atoms with E-state index in [0.29, 0.717) is 19.1 Å². The van der Waals surface area contributed by atoms with Gasteiger partial charge in [-0.2, -0.15) is 0 Å². The average molecular weight is 408 g/mol. The molecule has 0 saturated carbocycles. The lowest BCUT2D eigenvalue weighted by atomic mass is 10.2. The quantitative estimate of drug-likeness (QED) is 0.331. The molecule has 0 aromatic carbocycles. The molecule has 2 heterocycles. The van der Waals surface area contributed by atoms with Crippen molar-refractivity contribution in [1.82, 2.24) is 20.9 Å². The molecule has 0 spiro atoms. The number of hydrogen-bond donors (Lipinski definition) is 3. The first-order chi connectivity index (χ1) is 13.9. The van der Waals surface area contributed by atoms with Crippen LogP contribution in [0.5, 0.6) is 0 Å². The van der Waals surface area contributed by atoms with Crippen molar-refractivity contribution in [3.05, 3.63) is 24.2 Å². The Labute approximate surface area is 174 Å². The summed E-state index contributed by atoms with van der Waals surface area (Å²) in [6.45, 7) is 12.5. The summed E-state index contributed by atoms with van der Waals surface area (Å²) in [5, 5.41) is 9.41. The van der Waals surface area contributed by atoms with Gasteiger partial charge in [-0.25, -0.2) is 4.79 Å². The van der Waals surface area contributed by atoms with E-state index in [4.69, 9.17) is 14.1 Å². The van der Waals surface area contributed by atoms with Crippen molar-refractivity contribution in [3.8, 4) is 0 Å². The van der Waals surface area contributed by atoms with E-state index in [0.717, 1.165) is 44.3 Å². The molecule has 8 nitrogen and oxygen atoms in total. The number of amides is 1. The fourth-order valence-electron chi connectivity index (χ4n) is 3.31. The minimum Gasteiger partial charge on any atom is -0.469 e. The van der Waals surface area contributed by atoms with Crippen LogP contribution in [0.25, 0.3) is 0 Å². The summed E-state index contributed by atoms with van der Waals surface area (Å²) in [5.74, 6) is 1.70. The first-order valence-electron chi connectivity index (χ1n) is 10.6. The Morgan fingerprint density at radius 3 is 2.72 bits per heavy atom. The van der Waals surface area contributed by atoms with Crippen LogP contribution in [-0.4, -0.2) is 67.9 Å². The van der Waals surface area contributed by atoms with Crippen LogP contribution in [0, 0.1) is 0 Å².